The molecule has 23 heavy (non-hydrogen) atoms. The standard InChI is InChI=1S/C17H15ClN2O3/c1-10-14(15-13(23-10)7-8-20(2)17(15)22)16(21)19-9-11-3-5-12(18)6-4-11/h3-8H,9H2,1-2H3,(H,19,21). The van der Waals surface area contributed by atoms with Crippen LogP contribution in [0.5, 0.6) is 0 Å². The maximum atomic E-state index is 12.5. The number of amides is 1. The smallest absolute Gasteiger partial charge is 0.262 e. The van der Waals surface area contributed by atoms with E-state index in [1.54, 1.807) is 38.4 Å². The van der Waals surface area contributed by atoms with Gasteiger partial charge in [-0.05, 0) is 30.7 Å². The molecule has 0 fully saturated rings. The molecule has 0 atom stereocenters. The van der Waals surface area contributed by atoms with Crippen molar-refractivity contribution in [2.45, 2.75) is 13.5 Å². The van der Waals surface area contributed by atoms with Crippen LogP contribution in [0.4, 0.5) is 0 Å². The van der Waals surface area contributed by atoms with E-state index in [9.17, 15) is 9.59 Å². The predicted octanol–water partition coefficient (Wildman–Crippen LogP) is 3.02. The Labute approximate surface area is 137 Å². The Bertz CT molecular complexity index is 939. The monoisotopic (exact) mass is 330 g/mol. The van der Waals surface area contributed by atoms with Crippen LogP contribution >= 0.6 is 11.6 Å². The van der Waals surface area contributed by atoms with Gasteiger partial charge in [0.2, 0.25) is 0 Å². The second-order valence-corrected chi connectivity index (χ2v) is 5.75. The number of aromatic nitrogens is 1. The van der Waals surface area contributed by atoms with Gasteiger partial charge >= 0.3 is 0 Å². The topological polar surface area (TPSA) is 64.2 Å². The number of nitrogens with zero attached hydrogens (tertiary/aromatic N) is 1. The molecule has 2 heterocycles. The van der Waals surface area contributed by atoms with Crippen molar-refractivity contribution in [3.8, 4) is 0 Å². The number of halogens is 1. The van der Waals surface area contributed by atoms with E-state index in [1.165, 1.54) is 4.57 Å². The first-order valence-electron chi connectivity index (χ1n) is 7.08. The molecule has 0 aliphatic heterocycles. The number of nitrogens with one attached hydrogen (secondary N) is 1. The van der Waals surface area contributed by atoms with E-state index in [4.69, 9.17) is 16.0 Å². The van der Waals surface area contributed by atoms with Gasteiger partial charge in [-0.2, -0.15) is 0 Å². The van der Waals surface area contributed by atoms with Crippen LogP contribution in [-0.2, 0) is 13.6 Å². The molecule has 6 heteroatoms. The van der Waals surface area contributed by atoms with Gasteiger partial charge in [-0.1, -0.05) is 23.7 Å². The number of rotatable bonds is 3. The first kappa shape index (κ1) is 15.4. The maximum Gasteiger partial charge on any atom is 0.262 e. The average Bonchev–Trinajstić information content (AvgIpc) is 2.87. The zero-order valence-corrected chi connectivity index (χ0v) is 13.5. The van der Waals surface area contributed by atoms with Crippen LogP contribution < -0.4 is 10.9 Å². The van der Waals surface area contributed by atoms with E-state index in [0.29, 0.717) is 28.3 Å². The number of aryl methyl sites for hydroxylation is 2. The Hall–Kier alpha value is -2.53. The number of hydrogen-bond acceptors (Lipinski definition) is 3. The quantitative estimate of drug-likeness (QED) is 0.803. The van der Waals surface area contributed by atoms with Gasteiger partial charge < -0.3 is 14.3 Å². The molecule has 0 aliphatic rings. The molecule has 0 unspecified atom stereocenters. The molecule has 1 aromatic carbocycles. The van der Waals surface area contributed by atoms with Gasteiger partial charge in [0.05, 0.1) is 10.9 Å². The highest BCUT2D eigenvalue weighted by Gasteiger charge is 2.21. The Kier molecular flexibility index (Phi) is 3.96. The van der Waals surface area contributed by atoms with Gasteiger partial charge in [0.15, 0.2) is 0 Å². The van der Waals surface area contributed by atoms with Crippen LogP contribution in [0.25, 0.3) is 11.0 Å². The van der Waals surface area contributed by atoms with Gasteiger partial charge in [0, 0.05) is 24.8 Å². The summed E-state index contributed by atoms with van der Waals surface area (Å²) >= 11 is 5.84. The molecular formula is C17H15ClN2O3. The number of hydrogen-bond donors (Lipinski definition) is 1. The summed E-state index contributed by atoms with van der Waals surface area (Å²) in [6.45, 7) is 2.02. The molecule has 118 valence electrons. The molecule has 3 rings (SSSR count). The van der Waals surface area contributed by atoms with Gasteiger partial charge in [0.1, 0.15) is 11.3 Å². The number of carbonyl (C=O) groups is 1. The summed E-state index contributed by atoms with van der Waals surface area (Å²) in [4.78, 5) is 24.8. The highest BCUT2D eigenvalue weighted by Crippen LogP contribution is 2.22. The van der Waals surface area contributed by atoms with Crippen molar-refractivity contribution < 1.29 is 9.21 Å². The van der Waals surface area contributed by atoms with Crippen molar-refractivity contribution >= 4 is 28.5 Å². The Balaban J connectivity index is 1.92. The lowest BCUT2D eigenvalue weighted by Gasteiger charge is -2.05. The molecule has 0 radical (unpaired) electrons. The Morgan fingerprint density at radius 1 is 1.26 bits per heavy atom. The normalized spacial score (nSPS) is 10.9. The first-order valence-corrected chi connectivity index (χ1v) is 7.46. The molecule has 3 aromatic rings. The molecule has 1 N–H and O–H groups in total. The molecule has 0 bridgehead atoms. The van der Waals surface area contributed by atoms with Crippen molar-refractivity contribution in [1.82, 2.24) is 9.88 Å². The van der Waals surface area contributed by atoms with E-state index in [2.05, 4.69) is 5.32 Å². The molecular weight excluding hydrogens is 316 g/mol. The van der Waals surface area contributed by atoms with E-state index < -0.39 is 0 Å². The van der Waals surface area contributed by atoms with E-state index in [0.717, 1.165) is 5.56 Å². The number of carbonyl (C=O) groups excluding carboxylic acids is 1. The summed E-state index contributed by atoms with van der Waals surface area (Å²) < 4.78 is 6.96. The third-order valence-corrected chi connectivity index (χ3v) is 3.94. The van der Waals surface area contributed by atoms with Gasteiger partial charge in [0.25, 0.3) is 11.5 Å². The molecule has 1 amide bonds. The van der Waals surface area contributed by atoms with Crippen molar-refractivity contribution in [2.24, 2.45) is 7.05 Å². The summed E-state index contributed by atoms with van der Waals surface area (Å²) in [5.74, 6) is 0.0939. The van der Waals surface area contributed by atoms with E-state index in [1.807, 2.05) is 12.1 Å². The van der Waals surface area contributed by atoms with Crippen molar-refractivity contribution in [3.05, 3.63) is 68.8 Å². The molecule has 5 nitrogen and oxygen atoms in total. The van der Waals surface area contributed by atoms with Gasteiger partial charge in [-0.15, -0.1) is 0 Å². The number of fused-ring (bicyclic) bond motifs is 1. The summed E-state index contributed by atoms with van der Waals surface area (Å²) in [6.07, 6.45) is 1.61. The van der Waals surface area contributed by atoms with Gasteiger partial charge in [-0.3, -0.25) is 9.59 Å². The molecule has 2 aromatic heterocycles. The summed E-state index contributed by atoms with van der Waals surface area (Å²) in [6, 6.07) is 8.87. The van der Waals surface area contributed by atoms with E-state index in [-0.39, 0.29) is 17.0 Å². The lowest BCUT2D eigenvalue weighted by Crippen LogP contribution is -2.25. The number of furan rings is 1. The van der Waals surface area contributed by atoms with Gasteiger partial charge in [-0.25, -0.2) is 0 Å². The molecule has 0 saturated heterocycles. The van der Waals surface area contributed by atoms with Crippen LogP contribution in [0.2, 0.25) is 5.02 Å². The minimum absolute atomic E-state index is 0.254. The lowest BCUT2D eigenvalue weighted by atomic mass is 10.1. The Morgan fingerprint density at radius 2 is 1.96 bits per heavy atom. The molecule has 0 spiro atoms. The highest BCUT2D eigenvalue weighted by molar-refractivity contribution is 6.30. The minimum Gasteiger partial charge on any atom is -0.460 e. The Morgan fingerprint density at radius 3 is 2.65 bits per heavy atom. The van der Waals surface area contributed by atoms with Crippen LogP contribution in [0.15, 0.2) is 45.7 Å². The van der Waals surface area contributed by atoms with Crippen molar-refractivity contribution in [1.29, 1.82) is 0 Å². The van der Waals surface area contributed by atoms with Crippen LogP contribution in [0.3, 0.4) is 0 Å². The third kappa shape index (κ3) is 2.87. The first-order chi connectivity index (χ1) is 11.0. The fourth-order valence-corrected chi connectivity index (χ4v) is 2.59. The van der Waals surface area contributed by atoms with Crippen LogP contribution in [0.1, 0.15) is 21.7 Å². The highest BCUT2D eigenvalue weighted by atomic mass is 35.5. The molecule has 0 saturated carbocycles. The second-order valence-electron chi connectivity index (χ2n) is 5.31. The SMILES string of the molecule is Cc1oc2ccn(C)c(=O)c2c1C(=O)NCc1ccc(Cl)cc1. The van der Waals surface area contributed by atoms with Crippen molar-refractivity contribution in [2.75, 3.05) is 0 Å². The van der Waals surface area contributed by atoms with E-state index >= 15 is 0 Å². The fraction of sp³-hybridized carbons (Fsp3) is 0.176. The lowest BCUT2D eigenvalue weighted by molar-refractivity contribution is 0.0950. The van der Waals surface area contributed by atoms with Crippen molar-refractivity contribution in [3.63, 3.8) is 0 Å². The second kappa shape index (κ2) is 5.93. The minimum atomic E-state index is -0.334. The molecule has 0 aliphatic carbocycles. The summed E-state index contributed by atoms with van der Waals surface area (Å²) in [7, 11) is 1.64. The largest absolute Gasteiger partial charge is 0.460 e. The fourth-order valence-electron chi connectivity index (χ4n) is 2.47. The third-order valence-electron chi connectivity index (χ3n) is 3.69. The van der Waals surface area contributed by atoms with Crippen LogP contribution in [-0.4, -0.2) is 10.5 Å². The zero-order valence-electron chi connectivity index (χ0n) is 12.7. The summed E-state index contributed by atoms with van der Waals surface area (Å²) in [5, 5.41) is 3.76. The summed E-state index contributed by atoms with van der Waals surface area (Å²) in [5.41, 5.74) is 1.37. The predicted molar refractivity (Wildman–Crippen MR) is 88.8 cm³/mol. The zero-order chi connectivity index (χ0) is 16.6. The maximum absolute atomic E-state index is 12.5. The average molecular weight is 331 g/mol. The number of benzene rings is 1. The number of pyridine rings is 1. The van der Waals surface area contributed by atoms with Crippen LogP contribution in [0, 0.1) is 6.92 Å².